The van der Waals surface area contributed by atoms with Gasteiger partial charge in [-0.05, 0) is 39.2 Å². The first kappa shape index (κ1) is 9.27. The second-order valence-corrected chi connectivity index (χ2v) is 5.48. The van der Waals surface area contributed by atoms with E-state index in [0.717, 1.165) is 0 Å². The molecular formula is C9H13BrS. The quantitative estimate of drug-likeness (QED) is 0.632. The van der Waals surface area contributed by atoms with Crippen molar-refractivity contribution in [1.29, 1.82) is 0 Å². The van der Waals surface area contributed by atoms with Crippen LogP contribution in [0.2, 0.25) is 0 Å². The zero-order valence-corrected chi connectivity index (χ0v) is 9.77. The van der Waals surface area contributed by atoms with Crippen molar-refractivity contribution >= 4 is 27.3 Å². The lowest BCUT2D eigenvalue weighted by Crippen LogP contribution is -2.09. The first-order chi connectivity index (χ1) is 4.93. The predicted molar refractivity (Wildman–Crippen MR) is 55.5 cm³/mol. The topological polar surface area (TPSA) is 0 Å². The van der Waals surface area contributed by atoms with Crippen LogP contribution in [0, 0.1) is 6.92 Å². The minimum atomic E-state index is 0.276. The lowest BCUT2D eigenvalue weighted by atomic mass is 9.94. The van der Waals surface area contributed by atoms with Crippen molar-refractivity contribution in [2.75, 3.05) is 0 Å². The number of aryl methyl sites for hydroxylation is 1. The highest BCUT2D eigenvalue weighted by molar-refractivity contribution is 9.10. The Hall–Kier alpha value is 0.180. The molecule has 0 aliphatic carbocycles. The van der Waals surface area contributed by atoms with Gasteiger partial charge in [-0.3, -0.25) is 0 Å². The van der Waals surface area contributed by atoms with Crippen LogP contribution in [0.15, 0.2) is 9.85 Å². The molecule has 0 saturated heterocycles. The molecule has 0 atom stereocenters. The van der Waals surface area contributed by atoms with Gasteiger partial charge >= 0.3 is 0 Å². The maximum absolute atomic E-state index is 3.60. The molecule has 1 rings (SSSR count). The number of hydrogen-bond donors (Lipinski definition) is 0. The SMILES string of the molecule is Cc1csc(C(C)(C)C)c1Br. The molecule has 1 aromatic heterocycles. The van der Waals surface area contributed by atoms with E-state index in [1.54, 1.807) is 0 Å². The van der Waals surface area contributed by atoms with Crippen LogP contribution in [0.1, 0.15) is 31.2 Å². The molecule has 0 aromatic carbocycles. The predicted octanol–water partition coefficient (Wildman–Crippen LogP) is 4.12. The smallest absolute Gasteiger partial charge is 0.0349 e. The second-order valence-electron chi connectivity index (χ2n) is 3.81. The van der Waals surface area contributed by atoms with E-state index in [0.29, 0.717) is 0 Å². The largest absolute Gasteiger partial charge is 0.147 e. The van der Waals surface area contributed by atoms with Crippen molar-refractivity contribution in [2.24, 2.45) is 0 Å². The Morgan fingerprint density at radius 1 is 1.36 bits per heavy atom. The third-order valence-electron chi connectivity index (χ3n) is 1.58. The summed E-state index contributed by atoms with van der Waals surface area (Å²) in [6.45, 7) is 8.85. The molecule has 62 valence electrons. The summed E-state index contributed by atoms with van der Waals surface area (Å²) in [7, 11) is 0. The lowest BCUT2D eigenvalue weighted by Gasteiger charge is -2.16. The molecule has 1 heterocycles. The Balaban J connectivity index is 3.15. The van der Waals surface area contributed by atoms with Gasteiger partial charge in [-0.1, -0.05) is 20.8 Å². The molecule has 0 saturated carbocycles. The van der Waals surface area contributed by atoms with Crippen LogP contribution in [-0.4, -0.2) is 0 Å². The van der Waals surface area contributed by atoms with Crippen LogP contribution < -0.4 is 0 Å². The van der Waals surface area contributed by atoms with Gasteiger partial charge in [-0.2, -0.15) is 0 Å². The molecule has 2 heteroatoms. The molecule has 0 nitrogen and oxygen atoms in total. The monoisotopic (exact) mass is 232 g/mol. The summed E-state index contributed by atoms with van der Waals surface area (Å²) >= 11 is 5.43. The molecule has 0 amide bonds. The van der Waals surface area contributed by atoms with Gasteiger partial charge in [-0.15, -0.1) is 11.3 Å². The fourth-order valence-electron chi connectivity index (χ4n) is 0.936. The van der Waals surface area contributed by atoms with Gasteiger partial charge in [0.2, 0.25) is 0 Å². The average molecular weight is 233 g/mol. The molecule has 1 aromatic rings. The summed E-state index contributed by atoms with van der Waals surface area (Å²) in [5.74, 6) is 0. The Labute approximate surface area is 80.8 Å². The third kappa shape index (κ3) is 1.85. The summed E-state index contributed by atoms with van der Waals surface area (Å²) < 4.78 is 1.29. The first-order valence-electron chi connectivity index (χ1n) is 3.67. The highest BCUT2D eigenvalue weighted by Gasteiger charge is 2.19. The number of rotatable bonds is 0. The fourth-order valence-corrected chi connectivity index (χ4v) is 3.11. The minimum absolute atomic E-state index is 0.276. The molecule has 0 spiro atoms. The Bertz CT molecular complexity index is 255. The van der Waals surface area contributed by atoms with Crippen molar-refractivity contribution in [2.45, 2.75) is 33.1 Å². The van der Waals surface area contributed by atoms with Crippen LogP contribution in [0.3, 0.4) is 0 Å². The minimum Gasteiger partial charge on any atom is -0.147 e. The van der Waals surface area contributed by atoms with Gasteiger partial charge in [0.1, 0.15) is 0 Å². The fraction of sp³-hybridized carbons (Fsp3) is 0.556. The van der Waals surface area contributed by atoms with E-state index < -0.39 is 0 Å². The van der Waals surface area contributed by atoms with Gasteiger partial charge in [0.15, 0.2) is 0 Å². The van der Waals surface area contributed by atoms with Crippen LogP contribution in [0.5, 0.6) is 0 Å². The maximum atomic E-state index is 3.60. The van der Waals surface area contributed by atoms with E-state index >= 15 is 0 Å². The molecule has 0 unspecified atom stereocenters. The van der Waals surface area contributed by atoms with Gasteiger partial charge in [0.25, 0.3) is 0 Å². The van der Waals surface area contributed by atoms with Crippen molar-refractivity contribution in [3.8, 4) is 0 Å². The van der Waals surface area contributed by atoms with E-state index in [2.05, 4.69) is 49.0 Å². The van der Waals surface area contributed by atoms with Crippen LogP contribution >= 0.6 is 27.3 Å². The molecule has 0 fully saturated rings. The second kappa shape index (κ2) is 2.91. The third-order valence-corrected chi connectivity index (χ3v) is 4.39. The summed E-state index contributed by atoms with van der Waals surface area (Å²) in [5, 5.41) is 2.20. The zero-order chi connectivity index (χ0) is 8.65. The molecule has 0 aliphatic rings. The summed E-state index contributed by atoms with van der Waals surface area (Å²) in [6.07, 6.45) is 0. The van der Waals surface area contributed by atoms with E-state index in [4.69, 9.17) is 0 Å². The molecule has 11 heavy (non-hydrogen) atoms. The number of halogens is 1. The molecule has 0 radical (unpaired) electrons. The Morgan fingerprint density at radius 2 is 1.91 bits per heavy atom. The van der Waals surface area contributed by atoms with Crippen LogP contribution in [0.25, 0.3) is 0 Å². The van der Waals surface area contributed by atoms with Crippen molar-refractivity contribution in [3.05, 3.63) is 20.3 Å². The number of thiophene rings is 1. The van der Waals surface area contributed by atoms with Crippen molar-refractivity contribution < 1.29 is 0 Å². The van der Waals surface area contributed by atoms with Crippen LogP contribution in [-0.2, 0) is 5.41 Å². The summed E-state index contributed by atoms with van der Waals surface area (Å²) in [6, 6.07) is 0. The molecule has 0 aliphatic heterocycles. The van der Waals surface area contributed by atoms with E-state index in [1.807, 2.05) is 11.3 Å². The standard InChI is InChI=1S/C9H13BrS/c1-6-5-11-8(7(6)10)9(2,3)4/h5H,1-4H3. The molecule has 0 bridgehead atoms. The summed E-state index contributed by atoms with van der Waals surface area (Å²) in [5.41, 5.74) is 1.62. The highest BCUT2D eigenvalue weighted by atomic mass is 79.9. The van der Waals surface area contributed by atoms with Gasteiger partial charge in [-0.25, -0.2) is 0 Å². The number of hydrogen-bond acceptors (Lipinski definition) is 1. The summed E-state index contributed by atoms with van der Waals surface area (Å²) in [4.78, 5) is 1.44. The Kier molecular flexibility index (Phi) is 2.45. The van der Waals surface area contributed by atoms with E-state index in [1.165, 1.54) is 14.9 Å². The molecule has 0 N–H and O–H groups in total. The molecular weight excluding hydrogens is 220 g/mol. The van der Waals surface area contributed by atoms with Crippen molar-refractivity contribution in [3.63, 3.8) is 0 Å². The lowest BCUT2D eigenvalue weighted by molar-refractivity contribution is 0.601. The van der Waals surface area contributed by atoms with E-state index in [-0.39, 0.29) is 5.41 Å². The average Bonchev–Trinajstić information content (AvgIpc) is 2.11. The normalized spacial score (nSPS) is 12.1. The van der Waals surface area contributed by atoms with Crippen molar-refractivity contribution in [1.82, 2.24) is 0 Å². The van der Waals surface area contributed by atoms with Gasteiger partial charge < -0.3 is 0 Å². The first-order valence-corrected chi connectivity index (χ1v) is 5.34. The highest BCUT2D eigenvalue weighted by Crippen LogP contribution is 2.36. The Morgan fingerprint density at radius 3 is 2.09 bits per heavy atom. The van der Waals surface area contributed by atoms with Crippen LogP contribution in [0.4, 0.5) is 0 Å². The van der Waals surface area contributed by atoms with Gasteiger partial charge in [0, 0.05) is 9.35 Å². The zero-order valence-electron chi connectivity index (χ0n) is 7.36. The maximum Gasteiger partial charge on any atom is 0.0349 e. The van der Waals surface area contributed by atoms with E-state index in [9.17, 15) is 0 Å². The van der Waals surface area contributed by atoms with Gasteiger partial charge in [0.05, 0.1) is 0 Å².